The van der Waals surface area contributed by atoms with Crippen LogP contribution in [0.2, 0.25) is 10.2 Å². The lowest BCUT2D eigenvalue weighted by atomic mass is 9.87. The number of hydrogen-bond acceptors (Lipinski definition) is 5. The number of nitrogen functional groups attached to an aromatic ring is 1. The Bertz CT molecular complexity index is 855. The zero-order valence-corrected chi connectivity index (χ0v) is 19.3. The van der Waals surface area contributed by atoms with Gasteiger partial charge in [0.15, 0.2) is 9.76 Å². The molecule has 0 radical (unpaired) electrons. The maximum absolute atomic E-state index is 13.3. The van der Waals surface area contributed by atoms with Crippen LogP contribution in [0.25, 0.3) is 0 Å². The van der Waals surface area contributed by atoms with Crippen LogP contribution in [-0.2, 0) is 11.0 Å². The fourth-order valence-corrected chi connectivity index (χ4v) is 4.71. The minimum absolute atomic E-state index is 0.0194. The highest BCUT2D eigenvalue weighted by Crippen LogP contribution is 2.46. The number of halogens is 2. The minimum Gasteiger partial charge on any atom is -0.418 e. The van der Waals surface area contributed by atoms with Gasteiger partial charge >= 0.3 is 0 Å². The van der Waals surface area contributed by atoms with Crippen LogP contribution < -0.4 is 10.6 Å². The molecule has 5 nitrogen and oxygen atoms in total. The summed E-state index contributed by atoms with van der Waals surface area (Å²) in [6.45, 7) is 12.1. The van der Waals surface area contributed by atoms with Crippen LogP contribution in [0.1, 0.15) is 51.7 Å². The zero-order valence-electron chi connectivity index (χ0n) is 17.1. The number of rotatable bonds is 5. The van der Waals surface area contributed by atoms with Crippen LogP contribution in [-0.4, -0.2) is 31.9 Å². The van der Waals surface area contributed by atoms with Crippen molar-refractivity contribution in [2.45, 2.75) is 57.7 Å². The van der Waals surface area contributed by atoms with Gasteiger partial charge in [-0.1, -0.05) is 44.5 Å². The number of hydrogen-bond donors (Lipinski definition) is 1. The molecule has 28 heavy (non-hydrogen) atoms. The molecule has 1 aliphatic heterocycles. The Morgan fingerprint density at radius 1 is 1.21 bits per heavy atom. The minimum atomic E-state index is -0.756. The molecule has 152 valence electrons. The summed E-state index contributed by atoms with van der Waals surface area (Å²) in [7, 11) is -0.756. The third-order valence-electron chi connectivity index (χ3n) is 4.95. The summed E-state index contributed by atoms with van der Waals surface area (Å²) in [5.74, 6) is 0.655. The van der Waals surface area contributed by atoms with E-state index in [-0.39, 0.29) is 22.7 Å². The highest BCUT2D eigenvalue weighted by Gasteiger charge is 2.43. The smallest absolute Gasteiger partial charge is 0.223 e. The average Bonchev–Trinajstić information content (AvgIpc) is 2.94. The lowest BCUT2D eigenvalue weighted by molar-refractivity contribution is 0.0828. The van der Waals surface area contributed by atoms with E-state index in [0.717, 1.165) is 16.9 Å². The molecule has 0 spiro atoms. The molecule has 2 N–H and O–H groups in total. The number of nitrogens with zero attached hydrogens (tertiary/aromatic N) is 3. The second kappa shape index (κ2) is 7.61. The Kier molecular flexibility index (Phi) is 5.71. The molecule has 0 saturated heterocycles. The summed E-state index contributed by atoms with van der Waals surface area (Å²) in [5, 5.41) is 0.566. The molecule has 2 heterocycles. The predicted octanol–water partition coefficient (Wildman–Crippen LogP) is 4.05. The molecule has 2 aromatic rings. The molecule has 0 bridgehead atoms. The lowest BCUT2D eigenvalue weighted by Crippen LogP contribution is -2.38. The molecule has 8 heteroatoms. The van der Waals surface area contributed by atoms with Gasteiger partial charge in [-0.25, -0.2) is 9.37 Å². The van der Waals surface area contributed by atoms with Gasteiger partial charge in [-0.05, 0) is 36.6 Å². The monoisotopic (exact) mass is 422 g/mol. The van der Waals surface area contributed by atoms with Crippen molar-refractivity contribution in [2.75, 3.05) is 17.2 Å². The van der Waals surface area contributed by atoms with Crippen LogP contribution in [0.3, 0.4) is 0 Å². The van der Waals surface area contributed by atoms with Gasteiger partial charge in [0.2, 0.25) is 5.95 Å². The second-order valence-electron chi connectivity index (χ2n) is 9.12. The molecule has 1 unspecified atom stereocenters. The largest absolute Gasteiger partial charge is 0.418 e. The maximum atomic E-state index is 13.3. The first-order valence-electron chi connectivity index (χ1n) is 9.42. The van der Waals surface area contributed by atoms with E-state index in [2.05, 4.69) is 49.5 Å². The molecule has 1 aliphatic rings. The first-order chi connectivity index (χ1) is 13.0. The van der Waals surface area contributed by atoms with Crippen LogP contribution in [0, 0.1) is 5.82 Å². The van der Waals surface area contributed by atoms with Gasteiger partial charge in [0.25, 0.3) is 0 Å². The van der Waals surface area contributed by atoms with Crippen molar-refractivity contribution in [2.24, 2.45) is 0 Å². The first-order valence-corrected chi connectivity index (χ1v) is 11.1. The third-order valence-corrected chi connectivity index (χ3v) is 6.99. The van der Waals surface area contributed by atoms with Crippen LogP contribution >= 0.6 is 11.6 Å². The predicted molar refractivity (Wildman–Crippen MR) is 115 cm³/mol. The normalized spacial score (nSPS) is 17.5. The molecule has 1 atom stereocenters. The second-order valence-corrected chi connectivity index (χ2v) is 12.2. The Morgan fingerprint density at radius 2 is 1.86 bits per heavy atom. The van der Waals surface area contributed by atoms with Gasteiger partial charge in [-0.15, -0.1) is 0 Å². The third kappa shape index (κ3) is 4.64. The number of fused-ring (bicyclic) bond motifs is 1. The van der Waals surface area contributed by atoms with Crippen LogP contribution in [0.5, 0.6) is 0 Å². The van der Waals surface area contributed by atoms with Crippen LogP contribution in [0.15, 0.2) is 24.3 Å². The van der Waals surface area contributed by atoms with E-state index in [9.17, 15) is 4.39 Å². The van der Waals surface area contributed by atoms with E-state index < -0.39 is 15.4 Å². The standard InChI is InChI=1S/C20H28ClFN4OSi/c1-19(2,3)28-27-20(4,5)14-11-26(10-12-6-8-13(22)9-7-12)17-15(14)16(21)24-18(23)25-17/h6-9,14H,10-11,28H2,1-5H3,(H2,23,24,25). The van der Waals surface area contributed by atoms with Crippen molar-refractivity contribution >= 4 is 33.1 Å². The quantitative estimate of drug-likeness (QED) is 0.581. The van der Waals surface area contributed by atoms with E-state index in [0.29, 0.717) is 18.2 Å². The van der Waals surface area contributed by atoms with Gasteiger partial charge in [-0.3, -0.25) is 0 Å². The summed E-state index contributed by atoms with van der Waals surface area (Å²) < 4.78 is 19.7. The molecule has 0 amide bonds. The van der Waals surface area contributed by atoms with E-state index in [1.54, 1.807) is 12.1 Å². The summed E-state index contributed by atoms with van der Waals surface area (Å²) in [5.41, 5.74) is 7.33. The van der Waals surface area contributed by atoms with Gasteiger partial charge in [-0.2, -0.15) is 4.98 Å². The van der Waals surface area contributed by atoms with E-state index in [1.807, 2.05) is 0 Å². The Balaban J connectivity index is 1.93. The Morgan fingerprint density at radius 3 is 2.46 bits per heavy atom. The van der Waals surface area contributed by atoms with Crippen molar-refractivity contribution in [3.05, 3.63) is 46.4 Å². The molecule has 0 fully saturated rings. The summed E-state index contributed by atoms with van der Waals surface area (Å²) in [6, 6.07) is 6.49. The number of nitrogens with two attached hydrogens (primary N) is 1. The number of aromatic nitrogens is 2. The van der Waals surface area contributed by atoms with Crippen molar-refractivity contribution in [3.8, 4) is 0 Å². The Hall–Kier alpha value is -1.70. The van der Waals surface area contributed by atoms with Gasteiger partial charge in [0.05, 0.1) is 5.60 Å². The van der Waals surface area contributed by atoms with Crippen molar-refractivity contribution in [1.29, 1.82) is 0 Å². The van der Waals surface area contributed by atoms with Crippen molar-refractivity contribution < 1.29 is 8.82 Å². The zero-order chi connectivity index (χ0) is 20.7. The molecule has 0 aliphatic carbocycles. The fourth-order valence-electron chi connectivity index (χ4n) is 3.41. The Labute approximate surface area is 173 Å². The van der Waals surface area contributed by atoms with E-state index >= 15 is 0 Å². The maximum Gasteiger partial charge on any atom is 0.223 e. The summed E-state index contributed by atoms with van der Waals surface area (Å²) in [4.78, 5) is 10.8. The molecular formula is C20H28ClFN4OSi. The molecule has 0 saturated carbocycles. The lowest BCUT2D eigenvalue weighted by Gasteiger charge is -2.35. The summed E-state index contributed by atoms with van der Waals surface area (Å²) in [6.07, 6.45) is 0. The molecular weight excluding hydrogens is 395 g/mol. The number of anilines is 2. The molecule has 3 rings (SSSR count). The van der Waals surface area contributed by atoms with E-state index in [4.69, 9.17) is 21.8 Å². The van der Waals surface area contributed by atoms with Crippen molar-refractivity contribution in [1.82, 2.24) is 9.97 Å². The van der Waals surface area contributed by atoms with Gasteiger partial charge in [0.1, 0.15) is 16.8 Å². The fraction of sp³-hybridized carbons (Fsp3) is 0.500. The average molecular weight is 423 g/mol. The highest BCUT2D eigenvalue weighted by molar-refractivity contribution is 6.32. The molecule has 1 aromatic heterocycles. The van der Waals surface area contributed by atoms with E-state index in [1.165, 1.54) is 12.1 Å². The van der Waals surface area contributed by atoms with Crippen LogP contribution in [0.4, 0.5) is 16.2 Å². The summed E-state index contributed by atoms with van der Waals surface area (Å²) >= 11 is 6.50. The number of benzene rings is 1. The highest BCUT2D eigenvalue weighted by atomic mass is 35.5. The first kappa shape index (κ1) is 21.0. The topological polar surface area (TPSA) is 64.3 Å². The SMILES string of the molecule is CC(C)(C)[SiH2]OC(C)(C)C1CN(Cc2ccc(F)cc2)c2nc(N)nc(Cl)c21. The van der Waals surface area contributed by atoms with Gasteiger partial charge in [0, 0.05) is 24.6 Å². The molecule has 1 aromatic carbocycles. The van der Waals surface area contributed by atoms with Crippen molar-refractivity contribution in [3.63, 3.8) is 0 Å². The van der Waals surface area contributed by atoms with Gasteiger partial charge < -0.3 is 15.1 Å².